The first-order chi connectivity index (χ1) is 15.8. The summed E-state index contributed by atoms with van der Waals surface area (Å²) >= 11 is 0. The van der Waals surface area contributed by atoms with Gasteiger partial charge in [-0.1, -0.05) is 71.1 Å². The molecule has 6 nitrogen and oxygen atoms in total. The molecule has 0 heterocycles. The smallest absolute Gasteiger partial charge is 0.293 e. The highest BCUT2D eigenvalue weighted by molar-refractivity contribution is 6.21. The summed E-state index contributed by atoms with van der Waals surface area (Å²) in [5.41, 5.74) is -0.00532. The first kappa shape index (κ1) is 28.9. The number of carbonyl (C=O) groups excluding carboxylic acids is 3. The zero-order chi connectivity index (χ0) is 24.5. The number of allylic oxidation sites excluding steroid dienone is 2. The monoisotopic (exact) mass is 463 g/mol. The van der Waals surface area contributed by atoms with E-state index >= 15 is 0 Å². The van der Waals surface area contributed by atoms with Gasteiger partial charge < -0.3 is 15.2 Å². The van der Waals surface area contributed by atoms with E-state index in [1.165, 1.54) is 57.4 Å². The molecule has 0 saturated heterocycles. The first-order valence-electron chi connectivity index (χ1n) is 12.9. The summed E-state index contributed by atoms with van der Waals surface area (Å²) in [4.78, 5) is 35.4. The molecule has 0 aromatic rings. The van der Waals surface area contributed by atoms with E-state index in [9.17, 15) is 19.5 Å². The fourth-order valence-electron chi connectivity index (χ4n) is 4.10. The largest absolute Gasteiger partial charge is 0.504 e. The quantitative estimate of drug-likeness (QED) is 0.126. The maximum atomic E-state index is 12.7. The van der Waals surface area contributed by atoms with Crippen LogP contribution in [0.4, 0.5) is 0 Å². The summed E-state index contributed by atoms with van der Waals surface area (Å²) in [7, 11) is 0. The Hall–Kier alpha value is -2.11. The lowest BCUT2D eigenvalue weighted by molar-refractivity contribution is -0.140. The molecule has 2 N–H and O–H groups in total. The second kappa shape index (κ2) is 16.5. The number of hydrogen-bond acceptors (Lipinski definition) is 6. The van der Waals surface area contributed by atoms with Crippen LogP contribution in [-0.4, -0.2) is 35.3 Å². The normalized spacial score (nSPS) is 14.5. The van der Waals surface area contributed by atoms with Gasteiger partial charge in [0.2, 0.25) is 11.6 Å². The van der Waals surface area contributed by atoms with Gasteiger partial charge in [-0.3, -0.25) is 14.4 Å². The first-order valence-corrected chi connectivity index (χ1v) is 12.9. The molecule has 1 rings (SSSR count). The van der Waals surface area contributed by atoms with Crippen molar-refractivity contribution in [2.75, 3.05) is 6.54 Å². The molecule has 1 aliphatic carbocycles. The van der Waals surface area contributed by atoms with E-state index < -0.39 is 17.1 Å². The Bertz CT molecular complexity index is 678. The molecule has 6 heteroatoms. The Kier molecular flexibility index (Phi) is 14.5. The minimum absolute atomic E-state index is 0.237. The van der Waals surface area contributed by atoms with Crippen LogP contribution in [0.5, 0.6) is 0 Å². The van der Waals surface area contributed by atoms with Crippen LogP contribution in [-0.2, 0) is 19.1 Å². The number of rotatable bonds is 20. The third-order valence-corrected chi connectivity index (χ3v) is 6.23. The van der Waals surface area contributed by atoms with Gasteiger partial charge in [0.05, 0.1) is 5.70 Å². The third kappa shape index (κ3) is 12.1. The van der Waals surface area contributed by atoms with E-state index in [4.69, 9.17) is 4.74 Å². The Balaban J connectivity index is 2.27. The van der Waals surface area contributed by atoms with Crippen molar-refractivity contribution in [3.8, 4) is 0 Å². The van der Waals surface area contributed by atoms with E-state index in [0.29, 0.717) is 25.9 Å². The van der Waals surface area contributed by atoms with Gasteiger partial charge in [-0.25, -0.2) is 0 Å². The van der Waals surface area contributed by atoms with Crippen LogP contribution < -0.4 is 5.32 Å². The predicted molar refractivity (Wildman–Crippen MR) is 132 cm³/mol. The summed E-state index contributed by atoms with van der Waals surface area (Å²) in [6, 6.07) is 0. The molecule has 0 aromatic heterocycles. The van der Waals surface area contributed by atoms with Gasteiger partial charge in [-0.2, -0.15) is 0 Å². The van der Waals surface area contributed by atoms with Crippen molar-refractivity contribution < 1.29 is 24.2 Å². The minimum Gasteiger partial charge on any atom is -0.504 e. The molecule has 0 spiro atoms. The van der Waals surface area contributed by atoms with Crippen molar-refractivity contribution in [2.45, 2.75) is 123 Å². The molecule has 0 fully saturated rings. The van der Waals surface area contributed by atoms with Gasteiger partial charge >= 0.3 is 0 Å². The number of hydrogen-bond donors (Lipinski definition) is 2. The van der Waals surface area contributed by atoms with Crippen molar-refractivity contribution in [2.24, 2.45) is 0 Å². The van der Waals surface area contributed by atoms with E-state index in [1.807, 2.05) is 13.8 Å². The molecule has 0 aromatic carbocycles. The number of aliphatic hydroxyl groups excluding tert-OH is 1. The molecular weight excluding hydrogens is 418 g/mol. The molecule has 0 unspecified atom stereocenters. The Morgan fingerprint density at radius 3 is 2.06 bits per heavy atom. The van der Waals surface area contributed by atoms with Gasteiger partial charge in [-0.15, -0.1) is 0 Å². The average Bonchev–Trinajstić information content (AvgIpc) is 2.77. The standard InChI is InChI=1S/C27H45NO5/c1-4-5-6-7-8-9-10-11-12-13-14-17-22-25(31)23(20-24(30)26(22)32)28-19-16-15-18-27(2,3)33-21-29/h20-21,28,32H,4-19H2,1-3H3. The molecule has 0 amide bonds. The summed E-state index contributed by atoms with van der Waals surface area (Å²) < 4.78 is 5.03. The molecule has 0 bridgehead atoms. The van der Waals surface area contributed by atoms with E-state index in [0.717, 1.165) is 32.1 Å². The van der Waals surface area contributed by atoms with Gasteiger partial charge in [-0.05, 0) is 46.0 Å². The number of ether oxygens (including phenoxy) is 1. The Labute approximate surface area is 200 Å². The number of unbranched alkanes of at least 4 members (excludes halogenated alkanes) is 11. The topological polar surface area (TPSA) is 92.7 Å². The summed E-state index contributed by atoms with van der Waals surface area (Å²) in [6.07, 6.45) is 17.2. The summed E-state index contributed by atoms with van der Waals surface area (Å²) in [5, 5.41) is 13.2. The number of Topliss-reactive ketones (excluding diaryl/α,β-unsaturated/α-hetero) is 1. The molecule has 0 radical (unpaired) electrons. The Morgan fingerprint density at radius 1 is 0.909 bits per heavy atom. The lowest BCUT2D eigenvalue weighted by Crippen LogP contribution is -2.29. The van der Waals surface area contributed by atoms with Crippen LogP contribution in [0.25, 0.3) is 0 Å². The second-order valence-corrected chi connectivity index (χ2v) is 9.72. The van der Waals surface area contributed by atoms with Gasteiger partial charge in [0.25, 0.3) is 6.47 Å². The molecular formula is C27H45NO5. The fraction of sp³-hybridized carbons (Fsp3) is 0.741. The molecule has 0 atom stereocenters. The van der Waals surface area contributed by atoms with Crippen molar-refractivity contribution in [1.29, 1.82) is 0 Å². The van der Waals surface area contributed by atoms with Crippen LogP contribution in [0, 0.1) is 0 Å². The van der Waals surface area contributed by atoms with Gasteiger partial charge in [0.1, 0.15) is 5.60 Å². The van der Waals surface area contributed by atoms with E-state index in [1.54, 1.807) is 0 Å². The molecule has 0 saturated carbocycles. The zero-order valence-corrected chi connectivity index (χ0v) is 21.0. The molecule has 1 aliphatic rings. The minimum atomic E-state index is -0.506. The van der Waals surface area contributed by atoms with Crippen LogP contribution in [0.15, 0.2) is 23.1 Å². The Morgan fingerprint density at radius 2 is 1.48 bits per heavy atom. The molecule has 0 aliphatic heterocycles. The highest BCUT2D eigenvalue weighted by atomic mass is 16.5. The second-order valence-electron chi connectivity index (χ2n) is 9.72. The zero-order valence-electron chi connectivity index (χ0n) is 21.0. The fourth-order valence-corrected chi connectivity index (χ4v) is 4.10. The lowest BCUT2D eigenvalue weighted by Gasteiger charge is -2.22. The predicted octanol–water partition coefficient (Wildman–Crippen LogP) is 6.25. The van der Waals surface area contributed by atoms with Crippen LogP contribution >= 0.6 is 0 Å². The van der Waals surface area contributed by atoms with Crippen LogP contribution in [0.2, 0.25) is 0 Å². The highest BCUT2D eigenvalue weighted by Crippen LogP contribution is 2.23. The van der Waals surface area contributed by atoms with Crippen molar-refractivity contribution in [3.63, 3.8) is 0 Å². The lowest BCUT2D eigenvalue weighted by atomic mass is 9.93. The van der Waals surface area contributed by atoms with Crippen molar-refractivity contribution in [1.82, 2.24) is 5.32 Å². The van der Waals surface area contributed by atoms with Gasteiger partial charge in [0.15, 0.2) is 5.76 Å². The molecule has 188 valence electrons. The third-order valence-electron chi connectivity index (χ3n) is 6.23. The SMILES string of the molecule is CCCCCCCCCCCCCC1=C(O)C(=O)C=C(NCCCCC(C)(C)OC=O)C1=O. The highest BCUT2D eigenvalue weighted by Gasteiger charge is 2.27. The number of ketones is 2. The van der Waals surface area contributed by atoms with Crippen molar-refractivity contribution in [3.05, 3.63) is 23.1 Å². The van der Waals surface area contributed by atoms with E-state index in [2.05, 4.69) is 12.2 Å². The molecule has 33 heavy (non-hydrogen) atoms. The maximum Gasteiger partial charge on any atom is 0.293 e. The van der Waals surface area contributed by atoms with Crippen LogP contribution in [0.3, 0.4) is 0 Å². The number of aliphatic hydroxyl groups is 1. The van der Waals surface area contributed by atoms with Gasteiger partial charge in [0, 0.05) is 18.2 Å². The van der Waals surface area contributed by atoms with E-state index in [-0.39, 0.29) is 17.1 Å². The maximum absolute atomic E-state index is 12.7. The number of carbonyl (C=O) groups is 3. The van der Waals surface area contributed by atoms with Crippen LogP contribution in [0.1, 0.15) is 117 Å². The van der Waals surface area contributed by atoms with Crippen molar-refractivity contribution >= 4 is 18.0 Å². The average molecular weight is 464 g/mol. The summed E-state index contributed by atoms with van der Waals surface area (Å²) in [6.45, 7) is 6.95. The summed E-state index contributed by atoms with van der Waals surface area (Å²) in [5.74, 6) is -1.18. The number of nitrogens with one attached hydrogen (secondary N) is 1.